The van der Waals surface area contributed by atoms with Gasteiger partial charge in [-0.25, -0.2) is 9.36 Å². The highest BCUT2D eigenvalue weighted by atomic mass is 35.7. The lowest BCUT2D eigenvalue weighted by molar-refractivity contribution is -0.136. The molecule has 1 aromatic carbocycles. The number of nitrogens with one attached hydrogen (secondary N) is 1. The van der Waals surface area contributed by atoms with Crippen LogP contribution in [0.5, 0.6) is 5.75 Å². The fraction of sp³-hybridized carbons (Fsp3) is 0.462. The maximum atomic E-state index is 11.9. The first-order valence-electron chi connectivity index (χ1n) is 6.46. The van der Waals surface area contributed by atoms with Gasteiger partial charge in [0.05, 0.1) is 0 Å². The molecule has 0 saturated carbocycles. The Balaban J connectivity index is 2.48. The van der Waals surface area contributed by atoms with E-state index in [4.69, 9.17) is 20.3 Å². The van der Waals surface area contributed by atoms with Gasteiger partial charge in [-0.1, -0.05) is 31.5 Å². The number of carbonyl (C=O) groups is 1. The van der Waals surface area contributed by atoms with Crippen molar-refractivity contribution in [2.75, 3.05) is 6.54 Å². The Morgan fingerprint density at radius 1 is 1.40 bits per heavy atom. The summed E-state index contributed by atoms with van der Waals surface area (Å²) in [7, 11) is 0. The summed E-state index contributed by atoms with van der Waals surface area (Å²) in [6, 6.07) is 7.73. The van der Waals surface area contributed by atoms with Crippen LogP contribution in [0.4, 0.5) is 0 Å². The molecule has 0 fully saturated rings. The largest absolute Gasteiger partial charge is 0.532 e. The molecule has 0 radical (unpaired) electrons. The molecule has 2 atom stereocenters. The highest BCUT2D eigenvalue weighted by Crippen LogP contribution is 2.53. The fourth-order valence-corrected chi connectivity index (χ4v) is 2.62. The highest BCUT2D eigenvalue weighted by Gasteiger charge is 2.30. The van der Waals surface area contributed by atoms with E-state index in [0.717, 1.165) is 12.8 Å². The van der Waals surface area contributed by atoms with Crippen LogP contribution < -0.4 is 9.84 Å². The molecular weight excluding hydrogens is 301 g/mol. The third kappa shape index (κ3) is 6.42. The predicted octanol–water partition coefficient (Wildman–Crippen LogP) is 3.73. The number of carbonyl (C=O) groups excluding carboxylic acids is 1. The summed E-state index contributed by atoms with van der Waals surface area (Å²) in [4.78, 5) is 11.7. The predicted molar refractivity (Wildman–Crippen MR) is 79.0 cm³/mol. The zero-order valence-corrected chi connectivity index (χ0v) is 13.2. The Kier molecular flexibility index (Phi) is 7.06. The molecule has 5 nitrogen and oxygen atoms in total. The van der Waals surface area contributed by atoms with Crippen molar-refractivity contribution in [2.24, 2.45) is 0 Å². The van der Waals surface area contributed by atoms with Crippen LogP contribution in [-0.4, -0.2) is 18.6 Å². The van der Waals surface area contributed by atoms with Crippen LogP contribution in [0.2, 0.25) is 0 Å². The Labute approximate surface area is 123 Å². The fourth-order valence-electron chi connectivity index (χ4n) is 1.39. The average molecular weight is 320 g/mol. The Morgan fingerprint density at radius 3 is 2.65 bits per heavy atom. The molecule has 0 saturated heterocycles. The SMILES string of the molecule is CCCCN[C@@H](C)C(=O)OP(=O)(Cl)Oc1ccccc1. The molecule has 0 bridgehead atoms. The van der Waals surface area contributed by atoms with Gasteiger partial charge in [0.25, 0.3) is 0 Å². The molecule has 0 aromatic heterocycles. The lowest BCUT2D eigenvalue weighted by Crippen LogP contribution is -2.35. The molecule has 1 aromatic rings. The Bertz CT molecular complexity index is 469. The summed E-state index contributed by atoms with van der Waals surface area (Å²) in [6.07, 6.45) is 1.95. The summed E-state index contributed by atoms with van der Waals surface area (Å²) in [6.45, 7) is 0.368. The summed E-state index contributed by atoms with van der Waals surface area (Å²) in [5.74, 6) is -0.416. The summed E-state index contributed by atoms with van der Waals surface area (Å²) in [5.41, 5.74) is 0. The van der Waals surface area contributed by atoms with E-state index < -0.39 is 19.0 Å². The van der Waals surface area contributed by atoms with Crippen LogP contribution >= 0.6 is 18.2 Å². The second-order valence-corrected chi connectivity index (χ2v) is 6.74. The molecule has 1 N–H and O–H groups in total. The molecule has 7 heteroatoms. The lowest BCUT2D eigenvalue weighted by atomic mass is 10.3. The van der Waals surface area contributed by atoms with Crippen molar-refractivity contribution in [3.8, 4) is 5.75 Å². The molecular formula is C13H19ClNO4P. The van der Waals surface area contributed by atoms with Gasteiger partial charge in [-0.05, 0) is 32.0 Å². The molecule has 0 aliphatic rings. The van der Waals surface area contributed by atoms with Gasteiger partial charge in [0.2, 0.25) is 0 Å². The number of hydrogen-bond donors (Lipinski definition) is 1. The summed E-state index contributed by atoms with van der Waals surface area (Å²) < 4.78 is 21.6. The first-order valence-corrected chi connectivity index (χ1v) is 8.90. The topological polar surface area (TPSA) is 64.6 Å². The Hall–Kier alpha value is -1.03. The van der Waals surface area contributed by atoms with Crippen molar-refractivity contribution in [3.63, 3.8) is 0 Å². The third-order valence-corrected chi connectivity index (χ3v) is 3.73. The molecule has 1 unspecified atom stereocenters. The van der Waals surface area contributed by atoms with Crippen molar-refractivity contribution in [2.45, 2.75) is 32.7 Å². The van der Waals surface area contributed by atoms with Crippen LogP contribution in [0.1, 0.15) is 26.7 Å². The van der Waals surface area contributed by atoms with Crippen LogP contribution in [0.3, 0.4) is 0 Å². The van der Waals surface area contributed by atoms with E-state index in [2.05, 4.69) is 5.32 Å². The summed E-state index contributed by atoms with van der Waals surface area (Å²) >= 11 is 5.63. The van der Waals surface area contributed by atoms with Crippen LogP contribution in [0.15, 0.2) is 30.3 Å². The maximum absolute atomic E-state index is 11.9. The highest BCUT2D eigenvalue weighted by molar-refractivity contribution is 7.82. The van der Waals surface area contributed by atoms with Crippen molar-refractivity contribution in [1.82, 2.24) is 5.32 Å². The molecule has 0 aliphatic heterocycles. The minimum atomic E-state index is -3.98. The van der Waals surface area contributed by atoms with Crippen molar-refractivity contribution in [1.29, 1.82) is 0 Å². The molecule has 112 valence electrons. The quantitative estimate of drug-likeness (QED) is 0.584. The molecule has 0 heterocycles. The smallest absolute Gasteiger partial charge is 0.405 e. The number of hydrogen-bond acceptors (Lipinski definition) is 5. The van der Waals surface area contributed by atoms with E-state index in [-0.39, 0.29) is 5.75 Å². The molecule has 1 rings (SSSR count). The zero-order valence-electron chi connectivity index (χ0n) is 11.5. The first kappa shape index (κ1) is 17.0. The van der Waals surface area contributed by atoms with Crippen LogP contribution in [-0.2, 0) is 13.9 Å². The van der Waals surface area contributed by atoms with Crippen molar-refractivity contribution >= 4 is 24.2 Å². The number of benzene rings is 1. The van der Waals surface area contributed by atoms with E-state index in [1.54, 1.807) is 37.3 Å². The van der Waals surface area contributed by atoms with Gasteiger partial charge in [0.15, 0.2) is 0 Å². The van der Waals surface area contributed by atoms with Crippen molar-refractivity contribution < 1.29 is 18.4 Å². The normalized spacial score (nSPS) is 15.2. The minimum absolute atomic E-state index is 0.283. The van der Waals surface area contributed by atoms with Gasteiger partial charge < -0.3 is 14.4 Å². The van der Waals surface area contributed by atoms with Crippen LogP contribution in [0.25, 0.3) is 0 Å². The number of rotatable bonds is 8. The van der Waals surface area contributed by atoms with Gasteiger partial charge in [-0.2, -0.15) is 0 Å². The van der Waals surface area contributed by atoms with Gasteiger partial charge in [0, 0.05) is 11.2 Å². The van der Waals surface area contributed by atoms with E-state index in [9.17, 15) is 9.36 Å². The molecule has 20 heavy (non-hydrogen) atoms. The minimum Gasteiger partial charge on any atom is -0.405 e. The maximum Gasteiger partial charge on any atom is 0.532 e. The standard InChI is InChI=1S/C13H19ClNO4P/c1-3-4-10-15-11(2)13(16)19-20(14,17)18-12-8-6-5-7-9-12/h5-9,11,15H,3-4,10H2,1-2H3/t11-,20?/m0/s1. The van der Waals surface area contributed by atoms with Crippen molar-refractivity contribution in [3.05, 3.63) is 30.3 Å². The van der Waals surface area contributed by atoms with Gasteiger partial charge in [-0.15, -0.1) is 0 Å². The second kappa shape index (κ2) is 8.30. The molecule has 0 spiro atoms. The van der Waals surface area contributed by atoms with E-state index >= 15 is 0 Å². The average Bonchev–Trinajstić information content (AvgIpc) is 2.38. The number of unbranched alkanes of at least 4 members (excludes halogenated alkanes) is 1. The number of halogens is 1. The van der Waals surface area contributed by atoms with E-state index in [1.807, 2.05) is 6.92 Å². The molecule has 0 aliphatic carbocycles. The van der Waals surface area contributed by atoms with Gasteiger partial charge >= 0.3 is 12.9 Å². The third-order valence-electron chi connectivity index (χ3n) is 2.49. The zero-order chi connectivity index (χ0) is 15.0. The van der Waals surface area contributed by atoms with E-state index in [1.165, 1.54) is 0 Å². The summed E-state index contributed by atoms with van der Waals surface area (Å²) in [5, 5.41) is 2.96. The Morgan fingerprint density at radius 2 is 2.05 bits per heavy atom. The molecule has 0 amide bonds. The monoisotopic (exact) mass is 319 g/mol. The second-order valence-electron chi connectivity index (χ2n) is 4.27. The van der Waals surface area contributed by atoms with E-state index in [0.29, 0.717) is 6.54 Å². The van der Waals surface area contributed by atoms with Gasteiger partial charge in [-0.3, -0.25) is 0 Å². The van der Waals surface area contributed by atoms with Gasteiger partial charge in [0.1, 0.15) is 11.8 Å². The lowest BCUT2D eigenvalue weighted by Gasteiger charge is -2.16. The first-order chi connectivity index (χ1) is 9.44. The number of para-hydroxylation sites is 1. The van der Waals surface area contributed by atoms with Crippen LogP contribution in [0, 0.1) is 0 Å².